The van der Waals surface area contributed by atoms with Gasteiger partial charge in [0.15, 0.2) is 13.9 Å². The molecule has 1 atom stereocenters. The van der Waals surface area contributed by atoms with Crippen LogP contribution in [0.4, 0.5) is 0 Å². The van der Waals surface area contributed by atoms with Crippen LogP contribution in [0.3, 0.4) is 0 Å². The minimum atomic E-state index is -1.80. The van der Waals surface area contributed by atoms with Crippen molar-refractivity contribution in [3.05, 3.63) is 46.2 Å². The van der Waals surface area contributed by atoms with E-state index in [0.29, 0.717) is 6.61 Å². The number of rotatable bonds is 7. The van der Waals surface area contributed by atoms with Crippen LogP contribution in [0.2, 0.25) is 18.1 Å². The lowest BCUT2D eigenvalue weighted by Crippen LogP contribution is -2.40. The molecule has 2 heterocycles. The first-order chi connectivity index (χ1) is 11.7. The number of hydrogen-bond donors (Lipinski definition) is 0. The Morgan fingerprint density at radius 1 is 1.20 bits per heavy atom. The second kappa shape index (κ2) is 7.66. The van der Waals surface area contributed by atoms with Gasteiger partial charge >= 0.3 is 0 Å². The summed E-state index contributed by atoms with van der Waals surface area (Å²) in [6.45, 7) is 13.9. The lowest BCUT2D eigenvalue weighted by atomic mass is 9.96. The van der Waals surface area contributed by atoms with Crippen molar-refractivity contribution in [3.63, 3.8) is 0 Å². The van der Waals surface area contributed by atoms with Gasteiger partial charge < -0.3 is 9.16 Å². The average Bonchev–Trinajstić information content (AvgIpc) is 3.09. The summed E-state index contributed by atoms with van der Waals surface area (Å²) in [6.07, 6.45) is 2.59. The van der Waals surface area contributed by atoms with E-state index in [1.54, 1.807) is 18.4 Å². The van der Waals surface area contributed by atoms with Gasteiger partial charge in [-0.25, -0.2) is 4.98 Å². The second-order valence-electron chi connectivity index (χ2n) is 7.79. The Hall–Kier alpha value is -1.08. The van der Waals surface area contributed by atoms with Gasteiger partial charge in [0.05, 0.1) is 18.0 Å². The molecule has 1 unspecified atom stereocenters. The summed E-state index contributed by atoms with van der Waals surface area (Å²) in [4.78, 5) is 9.35. The maximum absolute atomic E-state index is 6.33. The molecule has 0 radical (unpaired) electrons. The smallest absolute Gasteiger partial charge is 0.192 e. The van der Waals surface area contributed by atoms with E-state index in [1.165, 1.54) is 0 Å². The van der Waals surface area contributed by atoms with Gasteiger partial charge in [-0.15, -0.1) is 11.3 Å². The summed E-state index contributed by atoms with van der Waals surface area (Å²) in [5.41, 5.74) is 1.23. The molecule has 2 aromatic rings. The van der Waals surface area contributed by atoms with Crippen molar-refractivity contribution < 1.29 is 9.16 Å². The van der Waals surface area contributed by atoms with Gasteiger partial charge in [0.2, 0.25) is 0 Å². The molecule has 0 saturated carbocycles. The van der Waals surface area contributed by atoms with Gasteiger partial charge in [-0.05, 0) is 36.7 Å². The van der Waals surface area contributed by atoms with Crippen LogP contribution >= 0.6 is 11.3 Å². The molecule has 138 valence electrons. The van der Waals surface area contributed by atoms with Crippen molar-refractivity contribution in [2.45, 2.75) is 64.5 Å². The van der Waals surface area contributed by atoms with Crippen LogP contribution in [-0.4, -0.2) is 25.4 Å². The Balaban J connectivity index is 2.29. The van der Waals surface area contributed by atoms with E-state index in [2.05, 4.69) is 45.8 Å². The van der Waals surface area contributed by atoms with Gasteiger partial charge in [-0.3, -0.25) is 4.98 Å². The summed E-state index contributed by atoms with van der Waals surface area (Å²) in [5.74, 6) is 0. The van der Waals surface area contributed by atoms with Crippen LogP contribution in [0.25, 0.3) is 0 Å². The molecule has 0 aliphatic carbocycles. The predicted octanol–water partition coefficient (Wildman–Crippen LogP) is 5.36. The third kappa shape index (κ3) is 4.19. The second-order valence-corrected chi connectivity index (χ2v) is 13.5. The fraction of sp³-hybridized carbons (Fsp3) is 0.579. The Labute approximate surface area is 156 Å². The Morgan fingerprint density at radius 2 is 1.92 bits per heavy atom. The lowest BCUT2D eigenvalue weighted by Gasteiger charge is -2.36. The van der Waals surface area contributed by atoms with E-state index in [9.17, 15) is 0 Å². The highest BCUT2D eigenvalue weighted by Gasteiger charge is 2.38. The van der Waals surface area contributed by atoms with Gasteiger partial charge in [0, 0.05) is 18.7 Å². The number of thiazole rings is 1. The van der Waals surface area contributed by atoms with Crippen LogP contribution in [0.5, 0.6) is 0 Å². The van der Waals surface area contributed by atoms with Gasteiger partial charge in [0.1, 0.15) is 5.01 Å². The van der Waals surface area contributed by atoms with Crippen LogP contribution in [-0.2, 0) is 21.4 Å². The zero-order chi connectivity index (χ0) is 18.7. The summed E-state index contributed by atoms with van der Waals surface area (Å²) in [6, 6.07) is 6.07. The SMILES string of the molecule is CCC(OC)(c1cccc(CO[Si](C)(C)C(C)(C)C)n1)c1nccs1. The molecule has 0 spiro atoms. The average molecular weight is 379 g/mol. The van der Waals surface area contributed by atoms with E-state index in [-0.39, 0.29) is 5.04 Å². The third-order valence-electron chi connectivity index (χ3n) is 5.23. The minimum Gasteiger partial charge on any atom is -0.411 e. The molecule has 0 bridgehead atoms. The molecule has 0 fully saturated rings. The molecule has 0 saturated heterocycles. The topological polar surface area (TPSA) is 44.2 Å². The zero-order valence-corrected chi connectivity index (χ0v) is 18.2. The summed E-state index contributed by atoms with van der Waals surface area (Å²) >= 11 is 1.60. The number of hydrogen-bond acceptors (Lipinski definition) is 5. The normalized spacial score (nSPS) is 15.2. The molecular weight excluding hydrogens is 348 g/mol. The van der Waals surface area contributed by atoms with Crippen molar-refractivity contribution >= 4 is 19.7 Å². The molecule has 0 aliphatic heterocycles. The van der Waals surface area contributed by atoms with Crippen molar-refractivity contribution in [3.8, 4) is 0 Å². The van der Waals surface area contributed by atoms with E-state index in [4.69, 9.17) is 14.1 Å². The Bertz CT molecular complexity index is 677. The highest BCUT2D eigenvalue weighted by atomic mass is 32.1. The highest BCUT2D eigenvalue weighted by Crippen LogP contribution is 2.38. The standard InChI is InChI=1S/C19H30N2O2SSi/c1-8-19(22-5,17-20-12-13-24-17)16-11-9-10-15(21-16)14-23-25(6,7)18(2,3)4/h9-13H,8,14H2,1-7H3. The van der Waals surface area contributed by atoms with Crippen LogP contribution < -0.4 is 0 Å². The fourth-order valence-corrected chi connectivity index (χ4v) is 4.29. The number of pyridine rings is 1. The van der Waals surface area contributed by atoms with Crippen molar-refractivity contribution in [2.75, 3.05) is 7.11 Å². The first kappa shape index (κ1) is 20.2. The summed E-state index contributed by atoms with van der Waals surface area (Å²) in [5, 5.41) is 3.10. The molecule has 0 aromatic carbocycles. The molecule has 0 N–H and O–H groups in total. The lowest BCUT2D eigenvalue weighted by molar-refractivity contribution is 0.0145. The number of ether oxygens (including phenoxy) is 1. The van der Waals surface area contributed by atoms with Crippen molar-refractivity contribution in [2.24, 2.45) is 0 Å². The monoisotopic (exact) mass is 378 g/mol. The van der Waals surface area contributed by atoms with E-state index < -0.39 is 13.9 Å². The van der Waals surface area contributed by atoms with Crippen LogP contribution in [0.15, 0.2) is 29.8 Å². The molecule has 4 nitrogen and oxygen atoms in total. The van der Waals surface area contributed by atoms with E-state index in [0.717, 1.165) is 22.8 Å². The zero-order valence-electron chi connectivity index (χ0n) is 16.4. The van der Waals surface area contributed by atoms with Crippen LogP contribution in [0.1, 0.15) is 50.5 Å². The highest BCUT2D eigenvalue weighted by molar-refractivity contribution is 7.09. The summed E-state index contributed by atoms with van der Waals surface area (Å²) < 4.78 is 12.3. The largest absolute Gasteiger partial charge is 0.411 e. The van der Waals surface area contributed by atoms with E-state index >= 15 is 0 Å². The molecule has 0 amide bonds. The Kier molecular flexibility index (Phi) is 6.20. The third-order valence-corrected chi connectivity index (χ3v) is 10.6. The van der Waals surface area contributed by atoms with Gasteiger partial charge in [0.25, 0.3) is 0 Å². The first-order valence-electron chi connectivity index (χ1n) is 8.72. The minimum absolute atomic E-state index is 0.186. The molecule has 0 aliphatic rings. The fourth-order valence-electron chi connectivity index (χ4n) is 2.46. The number of aromatic nitrogens is 2. The Morgan fingerprint density at radius 3 is 2.44 bits per heavy atom. The molecule has 2 aromatic heterocycles. The molecule has 6 heteroatoms. The summed E-state index contributed by atoms with van der Waals surface area (Å²) in [7, 11) is -0.0747. The molecule has 25 heavy (non-hydrogen) atoms. The maximum Gasteiger partial charge on any atom is 0.192 e. The predicted molar refractivity (Wildman–Crippen MR) is 106 cm³/mol. The quantitative estimate of drug-likeness (QED) is 0.608. The number of methoxy groups -OCH3 is 1. The maximum atomic E-state index is 6.33. The van der Waals surface area contributed by atoms with Crippen LogP contribution in [0, 0.1) is 0 Å². The molecule has 2 rings (SSSR count). The van der Waals surface area contributed by atoms with E-state index in [1.807, 2.05) is 29.8 Å². The van der Waals surface area contributed by atoms with Gasteiger partial charge in [-0.1, -0.05) is 33.8 Å². The molecular formula is C19H30N2O2SSi. The van der Waals surface area contributed by atoms with Crippen molar-refractivity contribution in [1.29, 1.82) is 0 Å². The first-order valence-corrected chi connectivity index (χ1v) is 12.5. The van der Waals surface area contributed by atoms with Gasteiger partial charge in [-0.2, -0.15) is 0 Å². The number of nitrogens with zero attached hydrogens (tertiary/aromatic N) is 2. The van der Waals surface area contributed by atoms with Crippen molar-refractivity contribution in [1.82, 2.24) is 9.97 Å².